The molecule has 0 saturated heterocycles. The average molecular weight is 155 g/mol. The topological polar surface area (TPSA) is 109 Å². The second kappa shape index (κ2) is 2.41. The van der Waals surface area contributed by atoms with Gasteiger partial charge in [0, 0.05) is 0 Å². The Balaban J connectivity index is 3.45. The minimum atomic E-state index is -1.00. The van der Waals surface area contributed by atoms with E-state index in [0.29, 0.717) is 0 Å². The number of amides is 1. The maximum Gasteiger partial charge on any atom is 0.267 e. The highest BCUT2D eigenvalue weighted by Gasteiger charge is 2.12. The van der Waals surface area contributed by atoms with Gasteiger partial charge in [-0.3, -0.25) is 9.59 Å². The average Bonchev–Trinajstić information content (AvgIpc) is 1.85. The Bertz CT molecular complexity index is 343. The van der Waals surface area contributed by atoms with E-state index in [1.165, 1.54) is 0 Å². The maximum absolute atomic E-state index is 10.7. The van der Waals surface area contributed by atoms with Gasteiger partial charge in [0.1, 0.15) is 0 Å². The van der Waals surface area contributed by atoms with Gasteiger partial charge in [0.25, 0.3) is 11.5 Å². The molecule has 0 aliphatic carbocycles. The third kappa shape index (κ3) is 1.18. The van der Waals surface area contributed by atoms with Gasteiger partial charge in [0.05, 0.1) is 6.33 Å². The maximum atomic E-state index is 10.7. The fraction of sp³-hybridized carbons (Fsp3) is 0. The summed E-state index contributed by atoms with van der Waals surface area (Å²) >= 11 is 0. The third-order valence-corrected chi connectivity index (χ3v) is 1.08. The van der Waals surface area contributed by atoms with Crippen LogP contribution in [-0.4, -0.2) is 21.0 Å². The number of carbonyl (C=O) groups is 1. The van der Waals surface area contributed by atoms with Crippen LogP contribution >= 0.6 is 0 Å². The van der Waals surface area contributed by atoms with Crippen LogP contribution in [0, 0.1) is 0 Å². The van der Waals surface area contributed by atoms with Crippen LogP contribution in [0.1, 0.15) is 10.4 Å². The fourth-order valence-electron chi connectivity index (χ4n) is 0.612. The van der Waals surface area contributed by atoms with Crippen LogP contribution < -0.4 is 11.3 Å². The lowest BCUT2D eigenvalue weighted by molar-refractivity contribution is 0.0995. The summed E-state index contributed by atoms with van der Waals surface area (Å²) in [4.78, 5) is 26.5. The van der Waals surface area contributed by atoms with E-state index in [0.717, 1.165) is 6.33 Å². The lowest BCUT2D eigenvalue weighted by Crippen LogP contribution is -2.23. The van der Waals surface area contributed by atoms with Crippen molar-refractivity contribution < 1.29 is 9.90 Å². The van der Waals surface area contributed by atoms with Crippen molar-refractivity contribution in [3.05, 3.63) is 22.2 Å². The number of carbonyl (C=O) groups excluding carboxylic acids is 1. The molecule has 0 aromatic carbocycles. The molecule has 0 aliphatic rings. The smallest absolute Gasteiger partial charge is 0.267 e. The SMILES string of the molecule is NC(=O)c1c(O)nc[nH]c1=O. The molecule has 0 aliphatic heterocycles. The van der Waals surface area contributed by atoms with Gasteiger partial charge in [-0.05, 0) is 0 Å². The monoisotopic (exact) mass is 155 g/mol. The van der Waals surface area contributed by atoms with E-state index in [1.54, 1.807) is 0 Å². The van der Waals surface area contributed by atoms with E-state index in [4.69, 9.17) is 10.8 Å². The number of primary amides is 1. The van der Waals surface area contributed by atoms with Gasteiger partial charge in [-0.15, -0.1) is 0 Å². The summed E-state index contributed by atoms with van der Waals surface area (Å²) in [6, 6.07) is 0. The quantitative estimate of drug-likeness (QED) is 0.462. The largest absolute Gasteiger partial charge is 0.493 e. The lowest BCUT2D eigenvalue weighted by atomic mass is 10.3. The number of aromatic hydroxyl groups is 1. The van der Waals surface area contributed by atoms with Crippen LogP contribution in [0.5, 0.6) is 5.88 Å². The fourth-order valence-corrected chi connectivity index (χ4v) is 0.612. The van der Waals surface area contributed by atoms with Gasteiger partial charge in [0.2, 0.25) is 5.88 Å². The van der Waals surface area contributed by atoms with Crippen LogP contribution in [0.4, 0.5) is 0 Å². The lowest BCUT2D eigenvalue weighted by Gasteiger charge is -1.94. The number of rotatable bonds is 1. The molecule has 1 amide bonds. The summed E-state index contributed by atoms with van der Waals surface area (Å²) in [5.41, 5.74) is 3.49. The van der Waals surface area contributed by atoms with Crippen LogP contribution in [0.2, 0.25) is 0 Å². The highest BCUT2D eigenvalue weighted by atomic mass is 16.3. The molecule has 0 saturated carbocycles. The molecule has 0 fully saturated rings. The van der Waals surface area contributed by atoms with E-state index in [2.05, 4.69) is 9.97 Å². The van der Waals surface area contributed by atoms with Gasteiger partial charge in [-0.2, -0.15) is 0 Å². The number of aromatic nitrogens is 2. The van der Waals surface area contributed by atoms with Crippen molar-refractivity contribution in [2.75, 3.05) is 0 Å². The number of aromatic amines is 1. The molecule has 0 spiro atoms. The van der Waals surface area contributed by atoms with Gasteiger partial charge < -0.3 is 15.8 Å². The molecule has 0 radical (unpaired) electrons. The second-order valence-electron chi connectivity index (χ2n) is 1.79. The summed E-state index contributed by atoms with van der Waals surface area (Å²) < 4.78 is 0. The number of nitrogens with zero attached hydrogens (tertiary/aromatic N) is 1. The van der Waals surface area contributed by atoms with E-state index in [-0.39, 0.29) is 0 Å². The summed E-state index contributed by atoms with van der Waals surface area (Å²) in [5.74, 6) is -1.65. The van der Waals surface area contributed by atoms with Gasteiger partial charge in [0.15, 0.2) is 5.56 Å². The summed E-state index contributed by atoms with van der Waals surface area (Å²) in [6.07, 6.45) is 0.976. The summed E-state index contributed by atoms with van der Waals surface area (Å²) in [6.45, 7) is 0. The zero-order valence-electron chi connectivity index (χ0n) is 5.37. The van der Waals surface area contributed by atoms with Crippen molar-refractivity contribution in [3.63, 3.8) is 0 Å². The molecule has 0 bridgehead atoms. The van der Waals surface area contributed by atoms with Crippen molar-refractivity contribution in [2.24, 2.45) is 5.73 Å². The molecular weight excluding hydrogens is 150 g/mol. The molecule has 6 nitrogen and oxygen atoms in total. The molecule has 1 rings (SSSR count). The molecule has 6 heteroatoms. The third-order valence-electron chi connectivity index (χ3n) is 1.08. The first-order chi connectivity index (χ1) is 5.13. The number of hydrogen-bond acceptors (Lipinski definition) is 4. The van der Waals surface area contributed by atoms with Crippen LogP contribution in [-0.2, 0) is 0 Å². The normalized spacial score (nSPS) is 9.45. The van der Waals surface area contributed by atoms with Crippen molar-refractivity contribution >= 4 is 5.91 Å². The Morgan fingerprint density at radius 1 is 1.73 bits per heavy atom. The first-order valence-corrected chi connectivity index (χ1v) is 2.69. The molecular formula is C5H5N3O3. The Morgan fingerprint density at radius 2 is 2.36 bits per heavy atom. The standard InChI is InChI=1S/C5H5N3O3/c6-3(9)2-4(10)7-1-8-5(2)11/h1H,(H2,6,9)(H2,7,8,10,11). The van der Waals surface area contributed by atoms with Gasteiger partial charge in [-0.1, -0.05) is 0 Å². The Morgan fingerprint density at radius 3 is 2.73 bits per heavy atom. The first kappa shape index (κ1) is 7.26. The molecule has 1 aromatic heterocycles. The second-order valence-corrected chi connectivity index (χ2v) is 1.79. The van der Waals surface area contributed by atoms with E-state index < -0.39 is 22.9 Å². The number of hydrogen-bond donors (Lipinski definition) is 3. The molecule has 58 valence electrons. The van der Waals surface area contributed by atoms with E-state index in [1.807, 2.05) is 0 Å². The minimum absolute atomic E-state index is 0.521. The van der Waals surface area contributed by atoms with Crippen molar-refractivity contribution in [2.45, 2.75) is 0 Å². The molecule has 11 heavy (non-hydrogen) atoms. The Hall–Kier alpha value is -1.85. The predicted octanol–water partition coefficient (Wildman–Crippen LogP) is -1.43. The van der Waals surface area contributed by atoms with Gasteiger partial charge >= 0.3 is 0 Å². The van der Waals surface area contributed by atoms with Crippen molar-refractivity contribution in [1.29, 1.82) is 0 Å². The molecule has 4 N–H and O–H groups in total. The molecule has 0 unspecified atom stereocenters. The zero-order chi connectivity index (χ0) is 8.43. The molecule has 1 heterocycles. The zero-order valence-corrected chi connectivity index (χ0v) is 5.37. The first-order valence-electron chi connectivity index (χ1n) is 2.69. The highest BCUT2D eigenvalue weighted by Crippen LogP contribution is 2.03. The number of nitrogens with one attached hydrogen (secondary N) is 1. The minimum Gasteiger partial charge on any atom is -0.493 e. The van der Waals surface area contributed by atoms with E-state index in [9.17, 15) is 9.59 Å². The summed E-state index contributed by atoms with van der Waals surface area (Å²) in [7, 11) is 0. The summed E-state index contributed by atoms with van der Waals surface area (Å²) in [5, 5.41) is 8.83. The van der Waals surface area contributed by atoms with Crippen molar-refractivity contribution in [3.8, 4) is 5.88 Å². The highest BCUT2D eigenvalue weighted by molar-refractivity contribution is 5.94. The van der Waals surface area contributed by atoms with Crippen LogP contribution in [0.15, 0.2) is 11.1 Å². The van der Waals surface area contributed by atoms with Crippen molar-refractivity contribution in [1.82, 2.24) is 9.97 Å². The number of nitrogens with two attached hydrogens (primary N) is 1. The van der Waals surface area contributed by atoms with Crippen LogP contribution in [0.3, 0.4) is 0 Å². The molecule has 1 aromatic rings. The van der Waals surface area contributed by atoms with Crippen LogP contribution in [0.25, 0.3) is 0 Å². The predicted molar refractivity (Wildman–Crippen MR) is 35.0 cm³/mol. The Kier molecular flexibility index (Phi) is 1.59. The van der Waals surface area contributed by atoms with Gasteiger partial charge in [-0.25, -0.2) is 4.98 Å². The molecule has 0 atom stereocenters. The number of H-pyrrole nitrogens is 1. The van der Waals surface area contributed by atoms with E-state index >= 15 is 0 Å². The Labute approximate surface area is 60.7 Å².